The SMILES string of the molecule is Nc1ncnc2c1ncn2[C@@H]1O[C@H](CO)[C@@H](OP(O)(=S)OC[C@H]2O[C@@H](n3ccc(=O)[nH]c3=O)[C@H](O)[C@@H]2O)[C@H]1O. The molecule has 0 radical (unpaired) electrons. The number of anilines is 1. The van der Waals surface area contributed by atoms with Crippen LogP contribution < -0.4 is 17.0 Å². The Morgan fingerprint density at radius 2 is 1.79 bits per heavy atom. The molecule has 2 saturated heterocycles. The van der Waals surface area contributed by atoms with Crippen molar-refractivity contribution in [3.8, 4) is 0 Å². The number of aliphatic hydroxyl groups is 4. The molecule has 0 aliphatic carbocycles. The van der Waals surface area contributed by atoms with Gasteiger partial charge in [-0.05, 0) is 11.8 Å². The van der Waals surface area contributed by atoms with E-state index in [1.54, 1.807) is 0 Å². The molecule has 9 atom stereocenters. The molecule has 0 bridgehead atoms. The third kappa shape index (κ3) is 5.26. The van der Waals surface area contributed by atoms with E-state index in [9.17, 15) is 34.9 Å². The van der Waals surface area contributed by atoms with Gasteiger partial charge in [0, 0.05) is 12.3 Å². The number of aliphatic hydroxyl groups excluding tert-OH is 4. The minimum Gasteiger partial charge on any atom is -0.394 e. The van der Waals surface area contributed by atoms with Crippen molar-refractivity contribution in [1.29, 1.82) is 0 Å². The molecule has 2 aliphatic heterocycles. The topological polar surface area (TPSA) is 263 Å². The maximum Gasteiger partial charge on any atom is 0.330 e. The number of rotatable bonds is 8. The zero-order valence-corrected chi connectivity index (χ0v) is 21.4. The number of ether oxygens (including phenoxy) is 2. The van der Waals surface area contributed by atoms with E-state index in [2.05, 4.69) is 15.0 Å². The lowest BCUT2D eigenvalue weighted by Gasteiger charge is -2.26. The Bertz CT molecular complexity index is 1520. The maximum atomic E-state index is 12.0. The summed E-state index contributed by atoms with van der Waals surface area (Å²) >= 11 is 5.05. The summed E-state index contributed by atoms with van der Waals surface area (Å²) in [7, 11) is 0. The third-order valence-corrected chi connectivity index (χ3v) is 7.83. The first-order valence-electron chi connectivity index (χ1n) is 11.4. The summed E-state index contributed by atoms with van der Waals surface area (Å²) in [5.41, 5.74) is 4.75. The van der Waals surface area contributed by atoms with Crippen LogP contribution in [0.1, 0.15) is 12.5 Å². The Labute approximate surface area is 222 Å². The fourth-order valence-electron chi connectivity index (χ4n) is 4.36. The number of aromatic nitrogens is 6. The molecule has 5 heterocycles. The smallest absolute Gasteiger partial charge is 0.330 e. The second kappa shape index (κ2) is 10.7. The number of H-pyrrole nitrogens is 1. The zero-order chi connectivity index (χ0) is 28.1. The Hall–Kier alpha value is -2.68. The van der Waals surface area contributed by atoms with E-state index in [4.69, 9.17) is 36.1 Å². The van der Waals surface area contributed by atoms with E-state index in [0.717, 1.165) is 16.8 Å². The molecule has 3 aromatic heterocycles. The molecule has 20 heteroatoms. The van der Waals surface area contributed by atoms with E-state index in [0.29, 0.717) is 0 Å². The molecule has 3 aromatic rings. The Morgan fingerprint density at radius 3 is 2.51 bits per heavy atom. The summed E-state index contributed by atoms with van der Waals surface area (Å²) in [4.78, 5) is 48.1. The Kier molecular flexibility index (Phi) is 7.65. The van der Waals surface area contributed by atoms with Crippen LogP contribution in [0.15, 0.2) is 34.5 Å². The minimum absolute atomic E-state index is 0.103. The predicted molar refractivity (Wildman–Crippen MR) is 131 cm³/mol. The van der Waals surface area contributed by atoms with Crippen LogP contribution in [-0.4, -0.2) is 104 Å². The number of hydrogen-bond donors (Lipinski definition) is 7. The highest BCUT2D eigenvalue weighted by Crippen LogP contribution is 2.49. The molecule has 2 aliphatic rings. The van der Waals surface area contributed by atoms with Gasteiger partial charge in [0.2, 0.25) is 0 Å². The lowest BCUT2D eigenvalue weighted by atomic mass is 10.1. The molecule has 0 spiro atoms. The second-order valence-electron chi connectivity index (χ2n) is 8.72. The second-order valence-corrected chi connectivity index (χ2v) is 11.5. The monoisotopic (exact) mass is 589 g/mol. The molecule has 0 aromatic carbocycles. The van der Waals surface area contributed by atoms with Gasteiger partial charge in [0.15, 0.2) is 23.9 Å². The molecule has 5 rings (SSSR count). The lowest BCUT2D eigenvalue weighted by molar-refractivity contribution is -0.0574. The molecule has 0 amide bonds. The van der Waals surface area contributed by atoms with Gasteiger partial charge in [0.1, 0.15) is 48.5 Å². The molecule has 18 nitrogen and oxygen atoms in total. The Balaban J connectivity index is 1.26. The summed E-state index contributed by atoms with van der Waals surface area (Å²) in [6.45, 7) is -5.38. The summed E-state index contributed by atoms with van der Waals surface area (Å²) in [6, 6.07) is 1.03. The number of nitrogens with two attached hydrogens (primary N) is 1. The van der Waals surface area contributed by atoms with Crippen LogP contribution in [0.4, 0.5) is 5.82 Å². The molecule has 1 unspecified atom stereocenters. The first kappa shape index (κ1) is 27.9. The van der Waals surface area contributed by atoms with Crippen molar-refractivity contribution in [3.63, 3.8) is 0 Å². The number of fused-ring (bicyclic) bond motifs is 1. The zero-order valence-electron chi connectivity index (χ0n) is 19.7. The standard InChI is InChI=1S/C19H24N7O11PS/c20-15-10-16(22-5-21-15)26(6-23-10)18-13(31)14(7(3-27)35-18)37-38(33,39)34-4-8-11(29)12(30)17(36-8)25-2-1-9(28)24-19(25)32/h1-2,5-8,11-14,17-18,27,29-31H,3-4H2,(H,33,39)(H2,20,21,22)(H,24,28,32)/t7-,8-,11-,12-,13-,14-,17-,18-,38?/m1/s1. The van der Waals surface area contributed by atoms with Gasteiger partial charge in [-0.25, -0.2) is 19.7 Å². The highest BCUT2D eigenvalue weighted by Gasteiger charge is 2.49. The number of nitrogen functional groups attached to an aromatic ring is 1. The number of imidazole rings is 1. The molecule has 39 heavy (non-hydrogen) atoms. The summed E-state index contributed by atoms with van der Waals surface area (Å²) in [5.74, 6) is 0.103. The third-order valence-electron chi connectivity index (χ3n) is 6.27. The van der Waals surface area contributed by atoms with Gasteiger partial charge < -0.3 is 45.1 Å². The number of nitrogens with one attached hydrogen (secondary N) is 1. The highest BCUT2D eigenvalue weighted by atomic mass is 32.5. The average Bonchev–Trinajstić information content (AvgIpc) is 3.53. The largest absolute Gasteiger partial charge is 0.394 e. The lowest BCUT2D eigenvalue weighted by Crippen LogP contribution is -2.37. The summed E-state index contributed by atoms with van der Waals surface area (Å²) in [5, 5.41) is 41.5. The van der Waals surface area contributed by atoms with Crippen LogP contribution in [0.3, 0.4) is 0 Å². The Morgan fingerprint density at radius 1 is 1.08 bits per heavy atom. The first-order valence-corrected chi connectivity index (χ1v) is 14.0. The van der Waals surface area contributed by atoms with Crippen molar-refractivity contribution >= 4 is 35.5 Å². The van der Waals surface area contributed by atoms with E-state index in [1.807, 2.05) is 4.98 Å². The molecular formula is C19H24N7O11PS. The number of nitrogens with zero attached hydrogens (tertiary/aromatic N) is 5. The molecule has 0 saturated carbocycles. The molecule has 212 valence electrons. The van der Waals surface area contributed by atoms with E-state index in [1.165, 1.54) is 17.2 Å². The van der Waals surface area contributed by atoms with Gasteiger partial charge in [-0.1, -0.05) is 0 Å². The first-order chi connectivity index (χ1) is 18.5. The molecular weight excluding hydrogens is 565 g/mol. The average molecular weight is 589 g/mol. The van der Waals surface area contributed by atoms with Crippen LogP contribution in [0.5, 0.6) is 0 Å². The maximum absolute atomic E-state index is 12.0. The van der Waals surface area contributed by atoms with Gasteiger partial charge in [-0.15, -0.1) is 0 Å². The van der Waals surface area contributed by atoms with Crippen LogP contribution in [0.2, 0.25) is 0 Å². The van der Waals surface area contributed by atoms with Crippen molar-refractivity contribution in [2.45, 2.75) is 49.1 Å². The number of aromatic amines is 1. The predicted octanol–water partition coefficient (Wildman–Crippen LogP) is -3.55. The van der Waals surface area contributed by atoms with Crippen LogP contribution in [0, 0.1) is 0 Å². The van der Waals surface area contributed by atoms with Crippen molar-refractivity contribution in [1.82, 2.24) is 29.1 Å². The van der Waals surface area contributed by atoms with Crippen molar-refractivity contribution in [2.24, 2.45) is 0 Å². The van der Waals surface area contributed by atoms with E-state index < -0.39 is 80.3 Å². The van der Waals surface area contributed by atoms with Crippen molar-refractivity contribution in [3.05, 3.63) is 45.8 Å². The van der Waals surface area contributed by atoms with Gasteiger partial charge in [-0.3, -0.25) is 23.4 Å². The minimum atomic E-state index is -4.17. The van der Waals surface area contributed by atoms with E-state index in [-0.39, 0.29) is 17.0 Å². The fourth-order valence-corrected chi connectivity index (χ4v) is 5.80. The van der Waals surface area contributed by atoms with Crippen molar-refractivity contribution in [2.75, 3.05) is 18.9 Å². The van der Waals surface area contributed by atoms with E-state index >= 15 is 0 Å². The van der Waals surface area contributed by atoms with Gasteiger partial charge in [0.05, 0.1) is 19.5 Å². The molecule has 2 fully saturated rings. The normalized spacial score (nSPS) is 32.5. The highest BCUT2D eigenvalue weighted by molar-refractivity contribution is 8.07. The van der Waals surface area contributed by atoms with Crippen LogP contribution in [-0.2, 0) is 30.3 Å². The fraction of sp³-hybridized carbons (Fsp3) is 0.526. The summed E-state index contributed by atoms with van der Waals surface area (Å²) in [6.07, 6.45) is -7.36. The van der Waals surface area contributed by atoms with Gasteiger partial charge in [0.25, 0.3) is 5.56 Å². The van der Waals surface area contributed by atoms with Crippen LogP contribution in [0.25, 0.3) is 11.2 Å². The quantitative estimate of drug-likeness (QED) is 0.125. The van der Waals surface area contributed by atoms with Gasteiger partial charge >= 0.3 is 12.4 Å². The summed E-state index contributed by atoms with van der Waals surface area (Å²) < 4.78 is 24.2. The number of hydrogen-bond acceptors (Lipinski definition) is 15. The molecule has 8 N–H and O–H groups in total. The van der Waals surface area contributed by atoms with Crippen LogP contribution >= 0.6 is 6.72 Å². The van der Waals surface area contributed by atoms with Crippen molar-refractivity contribution < 1.29 is 43.8 Å². The van der Waals surface area contributed by atoms with Gasteiger partial charge in [-0.2, -0.15) is 0 Å².